The third-order valence-corrected chi connectivity index (χ3v) is 6.22. The quantitative estimate of drug-likeness (QED) is 0.367. The maximum absolute atomic E-state index is 13.1. The molecule has 3 aromatic carbocycles. The Bertz CT molecular complexity index is 1440. The fourth-order valence-corrected chi connectivity index (χ4v) is 4.32. The molecule has 5 rings (SSSR count). The zero-order chi connectivity index (χ0) is 25.8. The number of nitrogens with one attached hydrogen (secondary N) is 1. The highest BCUT2D eigenvalue weighted by molar-refractivity contribution is 6.11. The molecule has 0 bridgehead atoms. The number of rotatable bonds is 8. The standard InChI is InChI=1S/C29H25N3O5/c1-35-21-10-11-26(36-2)24(15-21)27(33)18-6-8-19(9-7-18)29(34)32-16-22-14-20-4-3-5-23(28(20)37-22)25-17-30-12-13-31-25/h3-13,15,17,22H,14,16H2,1-2H3,(H,32,34). The number of fused-ring (bicyclic) bond motifs is 1. The molecular formula is C29H25N3O5. The van der Waals surface area contributed by atoms with Crippen molar-refractivity contribution >= 4 is 11.7 Å². The number of amides is 1. The van der Waals surface area contributed by atoms with Gasteiger partial charge in [0, 0.05) is 35.5 Å². The molecule has 37 heavy (non-hydrogen) atoms. The Morgan fingerprint density at radius 1 is 1.00 bits per heavy atom. The summed E-state index contributed by atoms with van der Waals surface area (Å²) in [6, 6.07) is 17.5. The lowest BCUT2D eigenvalue weighted by Crippen LogP contribution is -2.34. The van der Waals surface area contributed by atoms with E-state index in [-0.39, 0.29) is 17.8 Å². The summed E-state index contributed by atoms with van der Waals surface area (Å²) in [6.07, 6.45) is 5.46. The second-order valence-corrected chi connectivity index (χ2v) is 8.51. The van der Waals surface area contributed by atoms with Gasteiger partial charge in [0.1, 0.15) is 23.4 Å². The predicted octanol–water partition coefficient (Wildman–Crippen LogP) is 4.13. The molecule has 1 amide bonds. The Morgan fingerprint density at radius 3 is 2.54 bits per heavy atom. The maximum Gasteiger partial charge on any atom is 0.251 e. The first kappa shape index (κ1) is 24.0. The number of carbonyl (C=O) groups excluding carboxylic acids is 2. The van der Waals surface area contributed by atoms with E-state index in [1.807, 2.05) is 18.2 Å². The van der Waals surface area contributed by atoms with E-state index in [0.717, 1.165) is 22.6 Å². The van der Waals surface area contributed by atoms with Gasteiger partial charge in [-0.1, -0.05) is 24.3 Å². The molecule has 0 saturated carbocycles. The molecule has 8 heteroatoms. The third kappa shape index (κ3) is 4.99. The van der Waals surface area contributed by atoms with Gasteiger partial charge in [-0.2, -0.15) is 0 Å². The van der Waals surface area contributed by atoms with Crippen molar-refractivity contribution in [3.05, 3.63) is 102 Å². The fraction of sp³-hybridized carbons (Fsp3) is 0.172. The molecule has 1 N–H and O–H groups in total. The number of carbonyl (C=O) groups is 2. The van der Waals surface area contributed by atoms with E-state index < -0.39 is 0 Å². The highest BCUT2D eigenvalue weighted by Gasteiger charge is 2.26. The Kier molecular flexibility index (Phi) is 6.81. The molecule has 1 unspecified atom stereocenters. The molecule has 0 fully saturated rings. The second-order valence-electron chi connectivity index (χ2n) is 8.51. The number of hydrogen-bond acceptors (Lipinski definition) is 7. The van der Waals surface area contributed by atoms with Crippen LogP contribution in [0.15, 0.2) is 79.3 Å². The van der Waals surface area contributed by atoms with Gasteiger partial charge in [-0.25, -0.2) is 0 Å². The monoisotopic (exact) mass is 495 g/mol. The molecule has 0 saturated heterocycles. The van der Waals surface area contributed by atoms with Crippen molar-refractivity contribution in [2.24, 2.45) is 0 Å². The van der Waals surface area contributed by atoms with Crippen molar-refractivity contribution < 1.29 is 23.8 Å². The van der Waals surface area contributed by atoms with Crippen molar-refractivity contribution in [3.63, 3.8) is 0 Å². The summed E-state index contributed by atoms with van der Waals surface area (Å²) < 4.78 is 16.7. The average Bonchev–Trinajstić information content (AvgIpc) is 3.39. The average molecular weight is 496 g/mol. The molecule has 1 aliphatic rings. The molecule has 0 aliphatic carbocycles. The van der Waals surface area contributed by atoms with E-state index in [2.05, 4.69) is 15.3 Å². The second kappa shape index (κ2) is 10.5. The summed E-state index contributed by atoms with van der Waals surface area (Å²) in [7, 11) is 3.05. The van der Waals surface area contributed by atoms with Crippen LogP contribution >= 0.6 is 0 Å². The van der Waals surface area contributed by atoms with Crippen LogP contribution in [0.4, 0.5) is 0 Å². The van der Waals surface area contributed by atoms with Gasteiger partial charge < -0.3 is 19.5 Å². The predicted molar refractivity (Wildman–Crippen MR) is 137 cm³/mol. The molecule has 186 valence electrons. The van der Waals surface area contributed by atoms with Crippen LogP contribution in [0.25, 0.3) is 11.3 Å². The first-order chi connectivity index (χ1) is 18.1. The number of benzene rings is 3. The number of ether oxygens (including phenoxy) is 3. The van der Waals surface area contributed by atoms with Gasteiger partial charge in [0.25, 0.3) is 5.91 Å². The zero-order valence-electron chi connectivity index (χ0n) is 20.4. The van der Waals surface area contributed by atoms with Crippen molar-refractivity contribution in [1.29, 1.82) is 0 Å². The summed E-state index contributed by atoms with van der Waals surface area (Å²) in [4.78, 5) is 34.4. The molecule has 1 aliphatic heterocycles. The van der Waals surface area contributed by atoms with E-state index in [9.17, 15) is 9.59 Å². The van der Waals surface area contributed by atoms with Gasteiger partial charge in [0.05, 0.1) is 38.2 Å². The van der Waals surface area contributed by atoms with Crippen LogP contribution in [0.1, 0.15) is 31.8 Å². The minimum absolute atomic E-state index is 0.196. The van der Waals surface area contributed by atoms with Crippen molar-refractivity contribution in [2.45, 2.75) is 12.5 Å². The van der Waals surface area contributed by atoms with Crippen LogP contribution < -0.4 is 19.5 Å². The van der Waals surface area contributed by atoms with Crippen LogP contribution in [0.5, 0.6) is 17.2 Å². The van der Waals surface area contributed by atoms with Crippen LogP contribution in [-0.4, -0.2) is 48.5 Å². The minimum atomic E-state index is -0.244. The molecule has 2 heterocycles. The zero-order valence-corrected chi connectivity index (χ0v) is 20.4. The Labute approximate surface area is 214 Å². The summed E-state index contributed by atoms with van der Waals surface area (Å²) in [6.45, 7) is 0.342. The normalized spacial score (nSPS) is 13.8. The molecular weight excluding hydrogens is 470 g/mol. The third-order valence-electron chi connectivity index (χ3n) is 6.22. The van der Waals surface area contributed by atoms with Crippen LogP contribution in [0.3, 0.4) is 0 Å². The number of ketones is 1. The van der Waals surface area contributed by atoms with Gasteiger partial charge in [-0.05, 0) is 42.0 Å². The lowest BCUT2D eigenvalue weighted by atomic mass is 10.0. The molecule has 0 radical (unpaired) electrons. The number of aromatic nitrogens is 2. The molecule has 1 atom stereocenters. The lowest BCUT2D eigenvalue weighted by Gasteiger charge is -2.13. The van der Waals surface area contributed by atoms with Crippen molar-refractivity contribution in [1.82, 2.24) is 15.3 Å². The van der Waals surface area contributed by atoms with E-state index in [4.69, 9.17) is 14.2 Å². The van der Waals surface area contributed by atoms with Gasteiger partial charge in [-0.15, -0.1) is 0 Å². The smallest absolute Gasteiger partial charge is 0.251 e. The molecule has 8 nitrogen and oxygen atoms in total. The van der Waals surface area contributed by atoms with E-state index in [0.29, 0.717) is 41.2 Å². The first-order valence-corrected chi connectivity index (χ1v) is 11.8. The number of hydrogen-bond donors (Lipinski definition) is 1. The minimum Gasteiger partial charge on any atom is -0.497 e. The molecule has 1 aromatic heterocycles. The topological polar surface area (TPSA) is 99.6 Å². The summed E-state index contributed by atoms with van der Waals surface area (Å²) >= 11 is 0. The van der Waals surface area contributed by atoms with Gasteiger partial charge >= 0.3 is 0 Å². The largest absolute Gasteiger partial charge is 0.497 e. The Hall–Kier alpha value is -4.72. The van der Waals surface area contributed by atoms with E-state index in [1.54, 1.807) is 61.1 Å². The van der Waals surface area contributed by atoms with Crippen molar-refractivity contribution in [3.8, 4) is 28.5 Å². The number of methoxy groups -OCH3 is 2. The Morgan fingerprint density at radius 2 is 1.81 bits per heavy atom. The summed E-state index contributed by atoms with van der Waals surface area (Å²) in [5, 5.41) is 2.94. The fourth-order valence-electron chi connectivity index (χ4n) is 4.32. The number of nitrogens with zero attached hydrogens (tertiary/aromatic N) is 2. The van der Waals surface area contributed by atoms with Crippen LogP contribution in [0, 0.1) is 0 Å². The van der Waals surface area contributed by atoms with E-state index >= 15 is 0 Å². The molecule has 0 spiro atoms. The van der Waals surface area contributed by atoms with Crippen LogP contribution in [-0.2, 0) is 6.42 Å². The summed E-state index contributed by atoms with van der Waals surface area (Å²) in [5.74, 6) is 1.32. The molecule has 4 aromatic rings. The van der Waals surface area contributed by atoms with Crippen LogP contribution in [0.2, 0.25) is 0 Å². The van der Waals surface area contributed by atoms with Crippen molar-refractivity contribution in [2.75, 3.05) is 20.8 Å². The van der Waals surface area contributed by atoms with Gasteiger partial charge in [0.15, 0.2) is 5.78 Å². The SMILES string of the molecule is COc1ccc(OC)c(C(=O)c2ccc(C(=O)NCC3Cc4cccc(-c5cnccn5)c4O3)cc2)c1. The van der Waals surface area contributed by atoms with Gasteiger partial charge in [-0.3, -0.25) is 19.6 Å². The first-order valence-electron chi connectivity index (χ1n) is 11.8. The maximum atomic E-state index is 13.1. The Balaban J connectivity index is 1.23. The highest BCUT2D eigenvalue weighted by atomic mass is 16.5. The lowest BCUT2D eigenvalue weighted by molar-refractivity contribution is 0.0932. The summed E-state index contributed by atoms with van der Waals surface area (Å²) in [5.41, 5.74) is 3.97. The number of para-hydroxylation sites is 1. The highest BCUT2D eigenvalue weighted by Crippen LogP contribution is 2.37. The van der Waals surface area contributed by atoms with Gasteiger partial charge in [0.2, 0.25) is 0 Å². The van der Waals surface area contributed by atoms with E-state index in [1.165, 1.54) is 14.2 Å².